The third-order valence-corrected chi connectivity index (χ3v) is 4.98. The van der Waals surface area contributed by atoms with Gasteiger partial charge in [0.25, 0.3) is 0 Å². The van der Waals surface area contributed by atoms with E-state index in [0.717, 1.165) is 31.8 Å². The quantitative estimate of drug-likeness (QED) is 0.437. The molecule has 1 unspecified atom stereocenters. The summed E-state index contributed by atoms with van der Waals surface area (Å²) >= 11 is 0. The molecule has 0 spiro atoms. The fourth-order valence-electron chi connectivity index (χ4n) is 3.48. The van der Waals surface area contributed by atoms with Crippen molar-refractivity contribution in [2.24, 2.45) is 0 Å². The lowest BCUT2D eigenvalue weighted by Gasteiger charge is -2.26. The summed E-state index contributed by atoms with van der Waals surface area (Å²) in [5.74, 6) is 0.777. The van der Waals surface area contributed by atoms with Crippen LogP contribution in [-0.2, 0) is 17.8 Å². The number of para-hydroxylation sites is 1. The largest absolute Gasteiger partial charge is 0.491 e. The Kier molecular flexibility index (Phi) is 8.97. The Morgan fingerprint density at radius 2 is 1.70 bits per heavy atom. The lowest BCUT2D eigenvalue weighted by atomic mass is 10.2. The molecule has 0 saturated carbocycles. The molecule has 5 nitrogen and oxygen atoms in total. The number of nitrogens with zero attached hydrogens (tertiary/aromatic N) is 2. The lowest BCUT2D eigenvalue weighted by Crippen LogP contribution is -2.36. The van der Waals surface area contributed by atoms with Gasteiger partial charge in [-0.1, -0.05) is 48.5 Å². The number of hydrogen-bond donors (Lipinski definition) is 1. The highest BCUT2D eigenvalue weighted by Crippen LogP contribution is 2.13. The highest BCUT2D eigenvalue weighted by atomic mass is 16.5. The first-order valence-corrected chi connectivity index (χ1v) is 10.5. The summed E-state index contributed by atoms with van der Waals surface area (Å²) in [6, 6.07) is 24.3. The van der Waals surface area contributed by atoms with Gasteiger partial charge in [-0.2, -0.15) is 0 Å². The van der Waals surface area contributed by atoms with Crippen LogP contribution in [-0.4, -0.2) is 54.1 Å². The third kappa shape index (κ3) is 7.34. The van der Waals surface area contributed by atoms with Crippen molar-refractivity contribution in [3.8, 4) is 5.75 Å². The molecule has 1 atom stereocenters. The first-order chi connectivity index (χ1) is 14.7. The van der Waals surface area contributed by atoms with Gasteiger partial charge in [-0.15, -0.1) is 0 Å². The third-order valence-electron chi connectivity index (χ3n) is 4.98. The van der Waals surface area contributed by atoms with E-state index in [1.165, 1.54) is 11.3 Å². The fraction of sp³-hybridized carbons (Fsp3) is 0.360. The van der Waals surface area contributed by atoms with Gasteiger partial charge in [0.2, 0.25) is 0 Å². The molecule has 0 aliphatic carbocycles. The van der Waals surface area contributed by atoms with Crippen LogP contribution in [0.1, 0.15) is 17.7 Å². The number of rotatable bonds is 13. The highest BCUT2D eigenvalue weighted by Gasteiger charge is 2.15. The molecule has 1 N–H and O–H groups in total. The van der Waals surface area contributed by atoms with E-state index in [9.17, 15) is 5.11 Å². The Morgan fingerprint density at radius 1 is 0.967 bits per heavy atom. The Bertz CT molecular complexity index is 836. The maximum absolute atomic E-state index is 10.6. The maximum atomic E-state index is 10.6. The van der Waals surface area contributed by atoms with Crippen LogP contribution in [0.2, 0.25) is 0 Å². The number of ether oxygens (including phenoxy) is 2. The second-order valence-corrected chi connectivity index (χ2v) is 7.47. The molecule has 0 bridgehead atoms. The SMILES string of the molecule is COCCCN(Cc1cccn1Cc1ccccc1)CC(O)COc1ccccc1. The van der Waals surface area contributed by atoms with Gasteiger partial charge in [0.05, 0.1) is 0 Å². The minimum absolute atomic E-state index is 0.274. The van der Waals surface area contributed by atoms with Gasteiger partial charge in [-0.3, -0.25) is 4.90 Å². The highest BCUT2D eigenvalue weighted by molar-refractivity contribution is 5.21. The minimum atomic E-state index is -0.565. The van der Waals surface area contributed by atoms with E-state index in [1.807, 2.05) is 36.4 Å². The van der Waals surface area contributed by atoms with Crippen molar-refractivity contribution < 1.29 is 14.6 Å². The van der Waals surface area contributed by atoms with Crippen molar-refractivity contribution in [2.75, 3.05) is 33.4 Å². The van der Waals surface area contributed by atoms with Crippen LogP contribution >= 0.6 is 0 Å². The van der Waals surface area contributed by atoms with Crippen LogP contribution in [0, 0.1) is 0 Å². The first-order valence-electron chi connectivity index (χ1n) is 10.5. The number of aromatic nitrogens is 1. The molecule has 2 aromatic carbocycles. The molecule has 5 heteroatoms. The van der Waals surface area contributed by atoms with Crippen LogP contribution < -0.4 is 4.74 Å². The molecule has 3 rings (SSSR count). The first kappa shape index (κ1) is 22.1. The van der Waals surface area contributed by atoms with Crippen molar-refractivity contribution in [1.29, 1.82) is 0 Å². The summed E-state index contributed by atoms with van der Waals surface area (Å²) in [6.07, 6.45) is 2.47. The standard InChI is InChI=1S/C25H32N2O3/c1-29-17-9-15-26(20-24(28)21-30-25-13-6-3-7-14-25)19-23-12-8-16-27(23)18-22-10-4-2-5-11-22/h2-8,10-14,16,24,28H,9,15,17-21H2,1H3. The summed E-state index contributed by atoms with van der Waals surface area (Å²) in [5, 5.41) is 10.6. The van der Waals surface area contributed by atoms with Gasteiger partial charge in [0.15, 0.2) is 0 Å². The van der Waals surface area contributed by atoms with E-state index < -0.39 is 6.10 Å². The van der Waals surface area contributed by atoms with Gasteiger partial charge in [0, 0.05) is 51.8 Å². The number of methoxy groups -OCH3 is 1. The Labute approximate surface area is 179 Å². The van der Waals surface area contributed by atoms with Gasteiger partial charge < -0.3 is 19.1 Å². The summed E-state index contributed by atoms with van der Waals surface area (Å²) in [4.78, 5) is 2.27. The molecule has 0 saturated heterocycles. The zero-order valence-corrected chi connectivity index (χ0v) is 17.7. The van der Waals surface area contributed by atoms with Crippen molar-refractivity contribution >= 4 is 0 Å². The second-order valence-electron chi connectivity index (χ2n) is 7.47. The van der Waals surface area contributed by atoms with E-state index in [1.54, 1.807) is 7.11 Å². The van der Waals surface area contributed by atoms with Crippen LogP contribution in [0.3, 0.4) is 0 Å². The van der Waals surface area contributed by atoms with Crippen molar-refractivity contribution in [1.82, 2.24) is 9.47 Å². The van der Waals surface area contributed by atoms with E-state index >= 15 is 0 Å². The summed E-state index contributed by atoms with van der Waals surface area (Å²) in [5.41, 5.74) is 2.50. The van der Waals surface area contributed by atoms with Gasteiger partial charge >= 0.3 is 0 Å². The molecule has 1 aromatic heterocycles. The van der Waals surface area contributed by atoms with Gasteiger partial charge in [-0.05, 0) is 36.2 Å². The van der Waals surface area contributed by atoms with Crippen molar-refractivity contribution in [3.05, 3.63) is 90.3 Å². The lowest BCUT2D eigenvalue weighted by molar-refractivity contribution is 0.0610. The summed E-state index contributed by atoms with van der Waals surface area (Å²) in [7, 11) is 1.72. The van der Waals surface area contributed by atoms with E-state index in [0.29, 0.717) is 13.2 Å². The topological polar surface area (TPSA) is 46.9 Å². The Balaban J connectivity index is 1.58. The smallest absolute Gasteiger partial charge is 0.119 e. The van der Waals surface area contributed by atoms with Crippen LogP contribution in [0.25, 0.3) is 0 Å². The van der Waals surface area contributed by atoms with Gasteiger partial charge in [0.1, 0.15) is 18.5 Å². The molecule has 0 fully saturated rings. The second kappa shape index (κ2) is 12.2. The minimum Gasteiger partial charge on any atom is -0.491 e. The molecule has 0 amide bonds. The molecule has 0 radical (unpaired) electrons. The number of hydrogen-bond acceptors (Lipinski definition) is 4. The molecular formula is C25H32N2O3. The van der Waals surface area contributed by atoms with Crippen LogP contribution in [0.4, 0.5) is 0 Å². The molecular weight excluding hydrogens is 376 g/mol. The van der Waals surface area contributed by atoms with Crippen molar-refractivity contribution in [2.45, 2.75) is 25.6 Å². The number of aliphatic hydroxyl groups is 1. The van der Waals surface area contributed by atoms with E-state index in [-0.39, 0.29) is 6.61 Å². The predicted octanol–water partition coefficient (Wildman–Crippen LogP) is 3.81. The monoisotopic (exact) mass is 408 g/mol. The number of aliphatic hydroxyl groups excluding tert-OH is 1. The number of benzene rings is 2. The van der Waals surface area contributed by atoms with Crippen molar-refractivity contribution in [3.63, 3.8) is 0 Å². The normalized spacial score (nSPS) is 12.2. The molecule has 0 aliphatic rings. The molecule has 3 aromatic rings. The van der Waals surface area contributed by atoms with Gasteiger partial charge in [-0.25, -0.2) is 0 Å². The molecule has 1 heterocycles. The van der Waals surface area contributed by atoms with E-state index in [4.69, 9.17) is 9.47 Å². The fourth-order valence-corrected chi connectivity index (χ4v) is 3.48. The Hall–Kier alpha value is -2.60. The van der Waals surface area contributed by atoms with Crippen LogP contribution in [0.15, 0.2) is 79.0 Å². The van der Waals surface area contributed by atoms with Crippen LogP contribution in [0.5, 0.6) is 5.75 Å². The molecule has 30 heavy (non-hydrogen) atoms. The molecule has 0 aliphatic heterocycles. The Morgan fingerprint density at radius 3 is 2.43 bits per heavy atom. The summed E-state index contributed by atoms with van der Waals surface area (Å²) in [6.45, 7) is 3.99. The summed E-state index contributed by atoms with van der Waals surface area (Å²) < 4.78 is 13.2. The predicted molar refractivity (Wildman–Crippen MR) is 120 cm³/mol. The zero-order chi connectivity index (χ0) is 21.0. The maximum Gasteiger partial charge on any atom is 0.119 e. The molecule has 160 valence electrons. The average Bonchev–Trinajstić information content (AvgIpc) is 3.20. The average molecular weight is 409 g/mol. The zero-order valence-electron chi connectivity index (χ0n) is 17.7. The van der Waals surface area contributed by atoms with E-state index in [2.05, 4.69) is 52.1 Å².